The molecule has 22 heavy (non-hydrogen) atoms. The van der Waals surface area contributed by atoms with Gasteiger partial charge in [0.15, 0.2) is 0 Å². The van der Waals surface area contributed by atoms with Crippen molar-refractivity contribution in [2.45, 2.75) is 52.0 Å². The van der Waals surface area contributed by atoms with Gasteiger partial charge in [0.1, 0.15) is 0 Å². The maximum atomic E-state index is 3.70. The second-order valence-electron chi connectivity index (χ2n) is 6.45. The monoisotopic (exact) mass is 294 g/mol. The van der Waals surface area contributed by atoms with Gasteiger partial charge in [0.05, 0.1) is 0 Å². The summed E-state index contributed by atoms with van der Waals surface area (Å²) in [5.74, 6) is 0. The first-order valence-electron chi connectivity index (χ1n) is 8.42. The molecule has 1 aliphatic rings. The molecule has 2 N–H and O–H groups in total. The summed E-state index contributed by atoms with van der Waals surface area (Å²) in [5.41, 5.74) is 6.16. The van der Waals surface area contributed by atoms with E-state index >= 15 is 0 Å². The Hall–Kier alpha value is -1.96. The van der Waals surface area contributed by atoms with Crippen LogP contribution in [0.5, 0.6) is 0 Å². The van der Waals surface area contributed by atoms with Crippen molar-refractivity contribution in [3.05, 3.63) is 53.6 Å². The van der Waals surface area contributed by atoms with Crippen LogP contribution in [0.4, 0.5) is 17.1 Å². The summed E-state index contributed by atoms with van der Waals surface area (Å²) >= 11 is 0. The number of hydrogen-bond donors (Lipinski definition) is 2. The summed E-state index contributed by atoms with van der Waals surface area (Å²) in [6.07, 6.45) is 6.74. The highest BCUT2D eigenvalue weighted by Gasteiger charge is 2.13. The van der Waals surface area contributed by atoms with Gasteiger partial charge in [-0.15, -0.1) is 0 Å². The second-order valence-corrected chi connectivity index (χ2v) is 6.45. The van der Waals surface area contributed by atoms with E-state index in [1.807, 2.05) is 0 Å². The molecule has 2 heteroatoms. The summed E-state index contributed by atoms with van der Waals surface area (Å²) < 4.78 is 0. The van der Waals surface area contributed by atoms with E-state index in [0.29, 0.717) is 6.04 Å². The number of hydrogen-bond acceptors (Lipinski definition) is 2. The molecule has 1 saturated carbocycles. The van der Waals surface area contributed by atoms with Crippen molar-refractivity contribution >= 4 is 17.1 Å². The third-order valence-electron chi connectivity index (χ3n) is 4.62. The molecule has 0 aromatic heterocycles. The molecule has 0 spiro atoms. The smallest absolute Gasteiger partial charge is 0.0415 e. The molecule has 0 radical (unpaired) electrons. The fraction of sp³-hybridized carbons (Fsp3) is 0.400. The van der Waals surface area contributed by atoms with E-state index < -0.39 is 0 Å². The Morgan fingerprint density at radius 3 is 2.27 bits per heavy atom. The van der Waals surface area contributed by atoms with Gasteiger partial charge >= 0.3 is 0 Å². The van der Waals surface area contributed by atoms with Crippen LogP contribution >= 0.6 is 0 Å². The van der Waals surface area contributed by atoms with Crippen LogP contribution in [0.2, 0.25) is 0 Å². The van der Waals surface area contributed by atoms with Crippen molar-refractivity contribution < 1.29 is 0 Å². The molecular formula is C20H26N2. The minimum atomic E-state index is 0.656. The molecule has 2 aromatic rings. The normalized spacial score (nSPS) is 15.5. The molecule has 3 rings (SSSR count). The van der Waals surface area contributed by atoms with Crippen molar-refractivity contribution in [2.75, 3.05) is 10.6 Å². The predicted octanol–water partition coefficient (Wildman–Crippen LogP) is 5.79. The van der Waals surface area contributed by atoms with Gasteiger partial charge in [-0.2, -0.15) is 0 Å². The highest BCUT2D eigenvalue weighted by atomic mass is 14.9. The van der Waals surface area contributed by atoms with Gasteiger partial charge in [0.2, 0.25) is 0 Å². The van der Waals surface area contributed by atoms with Crippen LogP contribution in [0, 0.1) is 13.8 Å². The van der Waals surface area contributed by atoms with Crippen molar-refractivity contribution in [1.82, 2.24) is 0 Å². The number of benzene rings is 2. The molecule has 0 heterocycles. The maximum absolute atomic E-state index is 3.70. The van der Waals surface area contributed by atoms with Crippen LogP contribution < -0.4 is 10.6 Å². The van der Waals surface area contributed by atoms with Gasteiger partial charge in [-0.05, 0) is 62.1 Å². The van der Waals surface area contributed by atoms with Crippen LogP contribution in [-0.4, -0.2) is 6.04 Å². The standard InChI is InChI=1S/C20H26N2/c1-15-8-6-7-11-19(15)22-20-13-12-18(14-16(20)2)21-17-9-4-3-5-10-17/h6-8,11-14,17,21-22H,3-5,9-10H2,1-2H3. The molecule has 0 unspecified atom stereocenters. The molecule has 2 nitrogen and oxygen atoms in total. The number of para-hydroxylation sites is 1. The SMILES string of the molecule is Cc1ccccc1Nc1ccc(NC2CCCCC2)cc1C. The fourth-order valence-electron chi connectivity index (χ4n) is 3.23. The number of aryl methyl sites for hydroxylation is 2. The van der Waals surface area contributed by atoms with E-state index in [4.69, 9.17) is 0 Å². The Morgan fingerprint density at radius 2 is 1.55 bits per heavy atom. The van der Waals surface area contributed by atoms with Gasteiger partial charge in [0, 0.05) is 23.1 Å². The molecule has 1 fully saturated rings. The lowest BCUT2D eigenvalue weighted by molar-refractivity contribution is 0.463. The highest BCUT2D eigenvalue weighted by Crippen LogP contribution is 2.27. The van der Waals surface area contributed by atoms with Crippen LogP contribution in [0.1, 0.15) is 43.2 Å². The minimum Gasteiger partial charge on any atom is -0.382 e. The average molecular weight is 294 g/mol. The van der Waals surface area contributed by atoms with Gasteiger partial charge in [-0.3, -0.25) is 0 Å². The Bertz CT molecular complexity index is 627. The molecule has 0 atom stereocenters. The number of rotatable bonds is 4. The highest BCUT2D eigenvalue weighted by molar-refractivity contribution is 5.68. The third kappa shape index (κ3) is 3.62. The molecule has 0 bridgehead atoms. The quantitative estimate of drug-likeness (QED) is 0.745. The van der Waals surface area contributed by atoms with Crippen molar-refractivity contribution in [3.63, 3.8) is 0 Å². The Morgan fingerprint density at radius 1 is 0.818 bits per heavy atom. The number of anilines is 3. The lowest BCUT2D eigenvalue weighted by Crippen LogP contribution is -2.22. The topological polar surface area (TPSA) is 24.1 Å². The molecule has 2 aromatic carbocycles. The summed E-state index contributed by atoms with van der Waals surface area (Å²) in [6, 6.07) is 15.7. The summed E-state index contributed by atoms with van der Waals surface area (Å²) in [6.45, 7) is 4.31. The van der Waals surface area contributed by atoms with Crippen molar-refractivity contribution in [2.24, 2.45) is 0 Å². The minimum absolute atomic E-state index is 0.656. The summed E-state index contributed by atoms with van der Waals surface area (Å²) in [7, 11) is 0. The van der Waals surface area contributed by atoms with Crippen LogP contribution in [-0.2, 0) is 0 Å². The van der Waals surface area contributed by atoms with Gasteiger partial charge < -0.3 is 10.6 Å². The average Bonchev–Trinajstić information content (AvgIpc) is 2.53. The van der Waals surface area contributed by atoms with E-state index in [0.717, 1.165) is 0 Å². The Balaban J connectivity index is 1.70. The van der Waals surface area contributed by atoms with Crippen LogP contribution in [0.3, 0.4) is 0 Å². The third-order valence-corrected chi connectivity index (χ3v) is 4.62. The molecule has 1 aliphatic carbocycles. The zero-order chi connectivity index (χ0) is 15.4. The lowest BCUT2D eigenvalue weighted by atomic mass is 9.95. The zero-order valence-electron chi connectivity index (χ0n) is 13.7. The van der Waals surface area contributed by atoms with Crippen molar-refractivity contribution in [3.8, 4) is 0 Å². The predicted molar refractivity (Wildman–Crippen MR) is 96.1 cm³/mol. The first-order valence-corrected chi connectivity index (χ1v) is 8.42. The van der Waals surface area contributed by atoms with Crippen molar-refractivity contribution in [1.29, 1.82) is 0 Å². The lowest BCUT2D eigenvalue weighted by Gasteiger charge is -2.24. The van der Waals surface area contributed by atoms with E-state index in [1.54, 1.807) is 0 Å². The van der Waals surface area contributed by atoms with E-state index in [9.17, 15) is 0 Å². The van der Waals surface area contributed by atoms with E-state index in [-0.39, 0.29) is 0 Å². The van der Waals surface area contributed by atoms with E-state index in [2.05, 4.69) is 66.9 Å². The Kier molecular flexibility index (Phi) is 4.67. The zero-order valence-corrected chi connectivity index (χ0v) is 13.7. The first kappa shape index (κ1) is 15.0. The largest absolute Gasteiger partial charge is 0.382 e. The second kappa shape index (κ2) is 6.87. The van der Waals surface area contributed by atoms with Crippen LogP contribution in [0.25, 0.3) is 0 Å². The maximum Gasteiger partial charge on any atom is 0.0415 e. The van der Waals surface area contributed by atoms with Crippen LogP contribution in [0.15, 0.2) is 42.5 Å². The molecule has 0 saturated heterocycles. The molecule has 0 aliphatic heterocycles. The molecule has 116 valence electrons. The Labute approximate surface area is 134 Å². The van der Waals surface area contributed by atoms with E-state index in [1.165, 1.54) is 60.3 Å². The van der Waals surface area contributed by atoms with Gasteiger partial charge in [-0.1, -0.05) is 37.5 Å². The first-order chi connectivity index (χ1) is 10.7. The number of nitrogens with one attached hydrogen (secondary N) is 2. The van der Waals surface area contributed by atoms with Gasteiger partial charge in [0.25, 0.3) is 0 Å². The van der Waals surface area contributed by atoms with Gasteiger partial charge in [-0.25, -0.2) is 0 Å². The summed E-state index contributed by atoms with van der Waals surface area (Å²) in [4.78, 5) is 0. The molecular weight excluding hydrogens is 268 g/mol. The summed E-state index contributed by atoms with van der Waals surface area (Å²) in [5, 5.41) is 7.24. The molecule has 0 amide bonds. The fourth-order valence-corrected chi connectivity index (χ4v) is 3.23.